The molecule has 0 radical (unpaired) electrons. The molecule has 3 heterocycles. The molecular weight excluding hydrogens is 320 g/mol. The fourth-order valence-corrected chi connectivity index (χ4v) is 3.16. The Morgan fingerprint density at radius 3 is 2.96 bits per heavy atom. The number of hydrogen-bond acceptors (Lipinski definition) is 7. The molecule has 9 heteroatoms. The smallest absolute Gasteiger partial charge is 0.325 e. The van der Waals surface area contributed by atoms with Gasteiger partial charge in [-0.1, -0.05) is 6.07 Å². The van der Waals surface area contributed by atoms with Crippen molar-refractivity contribution in [3.63, 3.8) is 0 Å². The van der Waals surface area contributed by atoms with E-state index < -0.39 is 11.6 Å². The number of rotatable bonds is 3. The number of benzene rings is 1. The van der Waals surface area contributed by atoms with Crippen LogP contribution in [0.25, 0.3) is 0 Å². The van der Waals surface area contributed by atoms with Crippen LogP contribution in [0.15, 0.2) is 23.7 Å². The minimum Gasteiger partial charge on any atom is -0.454 e. The fraction of sp³-hybridized carbons (Fsp3) is 0.286. The first-order valence-electron chi connectivity index (χ1n) is 6.87. The average molecular weight is 332 g/mol. The number of hydrogen-bond donors (Lipinski definition) is 1. The number of fused-ring (bicyclic) bond motifs is 1. The summed E-state index contributed by atoms with van der Waals surface area (Å²) in [6.45, 7) is 1.93. The first kappa shape index (κ1) is 13.9. The Balaban J connectivity index is 1.66. The molecule has 0 spiro atoms. The van der Waals surface area contributed by atoms with E-state index in [-0.39, 0.29) is 19.2 Å². The van der Waals surface area contributed by atoms with Crippen molar-refractivity contribution < 1.29 is 19.1 Å². The summed E-state index contributed by atoms with van der Waals surface area (Å²) in [5, 5.41) is 10.9. The average Bonchev–Trinajstić information content (AvgIpc) is 3.25. The van der Waals surface area contributed by atoms with Crippen molar-refractivity contribution in [2.24, 2.45) is 0 Å². The molecule has 1 atom stereocenters. The normalized spacial score (nSPS) is 22.6. The minimum absolute atomic E-state index is 0.107. The molecule has 118 valence electrons. The van der Waals surface area contributed by atoms with Crippen molar-refractivity contribution in [1.82, 2.24) is 20.4 Å². The third-order valence-electron chi connectivity index (χ3n) is 3.92. The summed E-state index contributed by atoms with van der Waals surface area (Å²) in [5.41, 5.74) is 1.05. The number of nitrogens with one attached hydrogen (secondary N) is 1. The molecule has 1 aromatic heterocycles. The third kappa shape index (κ3) is 2.12. The molecule has 1 fully saturated rings. The number of amides is 3. The number of ether oxygens (including phenoxy) is 2. The predicted molar refractivity (Wildman–Crippen MR) is 78.9 cm³/mol. The monoisotopic (exact) mass is 332 g/mol. The van der Waals surface area contributed by atoms with Crippen LogP contribution >= 0.6 is 11.3 Å². The summed E-state index contributed by atoms with van der Waals surface area (Å²) >= 11 is 1.29. The molecule has 1 unspecified atom stereocenters. The van der Waals surface area contributed by atoms with Crippen LogP contribution in [0.4, 0.5) is 4.79 Å². The van der Waals surface area contributed by atoms with Crippen molar-refractivity contribution in [1.29, 1.82) is 0 Å². The van der Waals surface area contributed by atoms with Crippen molar-refractivity contribution in [2.45, 2.75) is 19.0 Å². The highest BCUT2D eigenvalue weighted by Gasteiger charge is 2.49. The van der Waals surface area contributed by atoms with Gasteiger partial charge in [0.2, 0.25) is 6.79 Å². The molecule has 1 saturated heterocycles. The Kier molecular flexibility index (Phi) is 2.98. The van der Waals surface area contributed by atoms with Crippen molar-refractivity contribution in [3.05, 3.63) is 34.3 Å². The van der Waals surface area contributed by atoms with E-state index >= 15 is 0 Å². The highest BCUT2D eigenvalue weighted by Crippen LogP contribution is 2.38. The van der Waals surface area contributed by atoms with Gasteiger partial charge in [0, 0.05) is 0 Å². The molecule has 3 amide bonds. The Bertz CT molecular complexity index is 794. The van der Waals surface area contributed by atoms with Crippen LogP contribution in [0.2, 0.25) is 0 Å². The van der Waals surface area contributed by atoms with E-state index in [1.165, 1.54) is 11.3 Å². The van der Waals surface area contributed by atoms with E-state index in [1.807, 2.05) is 0 Å². The quantitative estimate of drug-likeness (QED) is 0.850. The first-order chi connectivity index (χ1) is 11.1. The van der Waals surface area contributed by atoms with Crippen molar-refractivity contribution in [3.8, 4) is 11.5 Å². The van der Waals surface area contributed by atoms with E-state index in [1.54, 1.807) is 30.6 Å². The molecule has 1 N–H and O–H groups in total. The topological polar surface area (TPSA) is 93.7 Å². The van der Waals surface area contributed by atoms with Crippen LogP contribution in [-0.2, 0) is 16.9 Å². The predicted octanol–water partition coefficient (Wildman–Crippen LogP) is 1.23. The zero-order chi connectivity index (χ0) is 16.0. The molecule has 1 aromatic carbocycles. The number of imide groups is 1. The summed E-state index contributed by atoms with van der Waals surface area (Å²) in [5.74, 6) is 0.852. The maximum atomic E-state index is 12.8. The SMILES string of the molecule is CC1(c2ccc3c(c2)OCO3)NC(=O)N(Cc2nncs2)C1=O. The highest BCUT2D eigenvalue weighted by atomic mass is 32.1. The maximum absolute atomic E-state index is 12.8. The maximum Gasteiger partial charge on any atom is 0.325 e. The van der Waals surface area contributed by atoms with Gasteiger partial charge >= 0.3 is 6.03 Å². The molecule has 0 bridgehead atoms. The molecule has 8 nitrogen and oxygen atoms in total. The largest absolute Gasteiger partial charge is 0.454 e. The molecule has 4 rings (SSSR count). The standard InChI is InChI=1S/C14H12N4O4S/c1-14(8-2-3-9-10(4-8)22-7-21-9)12(19)18(13(20)16-14)5-11-17-15-6-23-11/h2-4,6H,5,7H2,1H3,(H,16,20). The minimum atomic E-state index is -1.15. The number of aromatic nitrogens is 2. The van der Waals surface area contributed by atoms with E-state index in [2.05, 4.69) is 15.5 Å². The van der Waals surface area contributed by atoms with E-state index in [9.17, 15) is 9.59 Å². The summed E-state index contributed by atoms with van der Waals surface area (Å²) in [6.07, 6.45) is 0. The Morgan fingerprint density at radius 2 is 2.17 bits per heavy atom. The van der Waals surface area contributed by atoms with Gasteiger partial charge in [0.25, 0.3) is 5.91 Å². The van der Waals surface area contributed by atoms with Crippen molar-refractivity contribution in [2.75, 3.05) is 6.79 Å². The highest BCUT2D eigenvalue weighted by molar-refractivity contribution is 7.09. The van der Waals surface area contributed by atoms with Gasteiger partial charge in [0.15, 0.2) is 11.5 Å². The fourth-order valence-electron chi connectivity index (χ4n) is 2.64. The third-order valence-corrected chi connectivity index (χ3v) is 4.61. The molecule has 0 aliphatic carbocycles. The lowest BCUT2D eigenvalue weighted by Gasteiger charge is -2.22. The molecule has 0 saturated carbocycles. The van der Waals surface area contributed by atoms with Crippen molar-refractivity contribution >= 4 is 23.3 Å². The van der Waals surface area contributed by atoms with Gasteiger partial charge in [0.1, 0.15) is 16.1 Å². The lowest BCUT2D eigenvalue weighted by Crippen LogP contribution is -2.40. The van der Waals surface area contributed by atoms with Crippen LogP contribution in [0, 0.1) is 0 Å². The molecule has 2 aromatic rings. The number of carbonyl (C=O) groups is 2. The zero-order valence-electron chi connectivity index (χ0n) is 12.1. The Labute approximate surface area is 135 Å². The van der Waals surface area contributed by atoms with E-state index in [0.29, 0.717) is 22.1 Å². The second-order valence-electron chi connectivity index (χ2n) is 5.35. The second kappa shape index (κ2) is 4.92. The van der Waals surface area contributed by atoms with Gasteiger partial charge in [-0.3, -0.25) is 9.69 Å². The number of urea groups is 1. The van der Waals surface area contributed by atoms with E-state index in [4.69, 9.17) is 9.47 Å². The first-order valence-corrected chi connectivity index (χ1v) is 7.75. The summed E-state index contributed by atoms with van der Waals surface area (Å²) in [4.78, 5) is 26.2. The van der Waals surface area contributed by atoms with Gasteiger partial charge in [-0.15, -0.1) is 21.5 Å². The summed E-state index contributed by atoms with van der Waals surface area (Å²) in [7, 11) is 0. The van der Waals surface area contributed by atoms with Gasteiger partial charge < -0.3 is 14.8 Å². The van der Waals surface area contributed by atoms with Gasteiger partial charge in [-0.2, -0.15) is 0 Å². The second-order valence-corrected chi connectivity index (χ2v) is 6.26. The summed E-state index contributed by atoms with van der Waals surface area (Å²) in [6, 6.07) is 4.75. The summed E-state index contributed by atoms with van der Waals surface area (Å²) < 4.78 is 10.6. The van der Waals surface area contributed by atoms with Gasteiger partial charge in [-0.25, -0.2) is 4.79 Å². The van der Waals surface area contributed by atoms with Gasteiger partial charge in [-0.05, 0) is 24.6 Å². The Hall–Kier alpha value is -2.68. The van der Waals surface area contributed by atoms with Crippen LogP contribution in [0.5, 0.6) is 11.5 Å². The van der Waals surface area contributed by atoms with E-state index in [0.717, 1.165) is 4.90 Å². The number of carbonyl (C=O) groups excluding carboxylic acids is 2. The van der Waals surface area contributed by atoms with Crippen LogP contribution in [-0.4, -0.2) is 33.8 Å². The van der Waals surface area contributed by atoms with Gasteiger partial charge in [0.05, 0.1) is 6.54 Å². The van der Waals surface area contributed by atoms with Crippen LogP contribution in [0.1, 0.15) is 17.5 Å². The number of nitrogens with zero attached hydrogens (tertiary/aromatic N) is 3. The molecular formula is C14H12N4O4S. The van der Waals surface area contributed by atoms with Crippen LogP contribution < -0.4 is 14.8 Å². The molecule has 2 aliphatic rings. The molecule has 23 heavy (non-hydrogen) atoms. The Morgan fingerprint density at radius 1 is 1.35 bits per heavy atom. The lowest BCUT2D eigenvalue weighted by molar-refractivity contribution is -0.131. The van der Waals surface area contributed by atoms with Crippen LogP contribution in [0.3, 0.4) is 0 Å². The zero-order valence-corrected chi connectivity index (χ0v) is 12.9. The lowest BCUT2D eigenvalue weighted by atomic mass is 9.91. The molecule has 2 aliphatic heterocycles.